The van der Waals surface area contributed by atoms with Gasteiger partial charge in [0.2, 0.25) is 5.91 Å². The van der Waals surface area contributed by atoms with E-state index in [9.17, 15) is 9.18 Å². The summed E-state index contributed by atoms with van der Waals surface area (Å²) < 4.78 is 18.4. The van der Waals surface area contributed by atoms with Crippen LogP contribution in [0.3, 0.4) is 0 Å². The molecule has 2 rings (SSSR count). The number of halogens is 1. The van der Waals surface area contributed by atoms with Crippen molar-refractivity contribution in [3.05, 3.63) is 65.0 Å². The lowest BCUT2D eigenvalue weighted by Gasteiger charge is -2.08. The maximum absolute atomic E-state index is 13.6. The van der Waals surface area contributed by atoms with Crippen molar-refractivity contribution < 1.29 is 19.0 Å². The van der Waals surface area contributed by atoms with Crippen molar-refractivity contribution in [3.63, 3.8) is 0 Å². The summed E-state index contributed by atoms with van der Waals surface area (Å²) in [5, 5.41) is 11.9. The van der Waals surface area contributed by atoms with E-state index in [1.807, 2.05) is 13.0 Å². The molecule has 4 nitrogen and oxygen atoms in total. The van der Waals surface area contributed by atoms with E-state index in [1.165, 1.54) is 31.4 Å². The molecular weight excluding hydrogens is 297 g/mol. The normalized spacial score (nSPS) is 10.8. The zero-order valence-electron chi connectivity index (χ0n) is 13.0. The van der Waals surface area contributed by atoms with Crippen LogP contribution in [0.2, 0.25) is 0 Å². The summed E-state index contributed by atoms with van der Waals surface area (Å²) in [5.41, 5.74) is 2.79. The quantitative estimate of drug-likeness (QED) is 0.833. The number of rotatable bonds is 5. The number of anilines is 1. The maximum atomic E-state index is 13.6. The predicted molar refractivity (Wildman–Crippen MR) is 87.7 cm³/mol. The molecule has 2 aromatic rings. The molecule has 0 radical (unpaired) electrons. The van der Waals surface area contributed by atoms with Crippen LogP contribution < -0.4 is 10.1 Å². The fourth-order valence-electron chi connectivity index (χ4n) is 2.03. The first-order chi connectivity index (χ1) is 11.0. The third-order valence-electron chi connectivity index (χ3n) is 3.35. The van der Waals surface area contributed by atoms with E-state index in [0.717, 1.165) is 5.56 Å². The number of aryl methyl sites for hydroxylation is 1. The molecular formula is C18H18FNO3. The number of aliphatic hydroxyl groups is 1. The lowest BCUT2D eigenvalue weighted by molar-refractivity contribution is -0.111. The minimum absolute atomic E-state index is 0.0931. The Hall–Kier alpha value is -2.66. The summed E-state index contributed by atoms with van der Waals surface area (Å²) in [7, 11) is 1.39. The molecule has 0 spiro atoms. The van der Waals surface area contributed by atoms with E-state index < -0.39 is 5.82 Å². The first-order valence-corrected chi connectivity index (χ1v) is 7.06. The molecule has 0 aromatic heterocycles. The number of methoxy groups -OCH3 is 1. The average Bonchev–Trinajstić information content (AvgIpc) is 2.55. The number of carbonyl (C=O) groups excluding carboxylic acids is 1. The van der Waals surface area contributed by atoms with Crippen LogP contribution >= 0.6 is 0 Å². The van der Waals surface area contributed by atoms with Crippen molar-refractivity contribution in [2.24, 2.45) is 0 Å². The van der Waals surface area contributed by atoms with Gasteiger partial charge in [-0.15, -0.1) is 0 Å². The van der Waals surface area contributed by atoms with Crippen molar-refractivity contribution in [3.8, 4) is 5.75 Å². The summed E-state index contributed by atoms with van der Waals surface area (Å²) in [5.74, 6) is -0.663. The zero-order valence-corrected chi connectivity index (χ0v) is 13.0. The number of carbonyl (C=O) groups is 1. The van der Waals surface area contributed by atoms with Crippen molar-refractivity contribution in [1.82, 2.24) is 0 Å². The second-order valence-corrected chi connectivity index (χ2v) is 5.02. The van der Waals surface area contributed by atoms with Crippen LogP contribution in [-0.4, -0.2) is 18.1 Å². The molecule has 23 heavy (non-hydrogen) atoms. The van der Waals surface area contributed by atoms with E-state index >= 15 is 0 Å². The first kappa shape index (κ1) is 16.7. The lowest BCUT2D eigenvalue weighted by Crippen LogP contribution is -2.09. The molecule has 2 N–H and O–H groups in total. The van der Waals surface area contributed by atoms with Gasteiger partial charge in [0.1, 0.15) is 0 Å². The molecule has 120 valence electrons. The topological polar surface area (TPSA) is 58.6 Å². The summed E-state index contributed by atoms with van der Waals surface area (Å²) in [4.78, 5) is 12.0. The molecule has 0 aliphatic heterocycles. The smallest absolute Gasteiger partial charge is 0.248 e. The number of hydrogen-bond acceptors (Lipinski definition) is 3. The van der Waals surface area contributed by atoms with Gasteiger partial charge in [0, 0.05) is 11.8 Å². The Balaban J connectivity index is 2.08. The Bertz CT molecular complexity index is 741. The standard InChI is InChI=1S/C18H18FNO3/c1-12-3-4-14(11-21)10-16(12)20-18(22)8-6-13-5-7-17(23-2)15(19)9-13/h3-10,21H,11H2,1-2H3,(H,20,22)/b8-6+. The highest BCUT2D eigenvalue weighted by molar-refractivity contribution is 6.02. The molecule has 0 saturated heterocycles. The zero-order chi connectivity index (χ0) is 16.8. The number of aliphatic hydroxyl groups excluding tert-OH is 1. The van der Waals surface area contributed by atoms with Crippen LogP contribution in [0.5, 0.6) is 5.75 Å². The van der Waals surface area contributed by atoms with Gasteiger partial charge in [-0.05, 0) is 47.9 Å². The van der Waals surface area contributed by atoms with Crippen molar-refractivity contribution in [2.45, 2.75) is 13.5 Å². The molecule has 0 saturated carbocycles. The fraction of sp³-hybridized carbons (Fsp3) is 0.167. The van der Waals surface area contributed by atoms with Crippen LogP contribution in [0.4, 0.5) is 10.1 Å². The Morgan fingerprint density at radius 2 is 2.09 bits per heavy atom. The van der Waals surface area contributed by atoms with Gasteiger partial charge in [0.15, 0.2) is 11.6 Å². The molecule has 5 heteroatoms. The van der Waals surface area contributed by atoms with Gasteiger partial charge >= 0.3 is 0 Å². The number of amides is 1. The lowest BCUT2D eigenvalue weighted by atomic mass is 10.1. The monoisotopic (exact) mass is 315 g/mol. The minimum Gasteiger partial charge on any atom is -0.494 e. The van der Waals surface area contributed by atoms with Gasteiger partial charge in [-0.25, -0.2) is 4.39 Å². The van der Waals surface area contributed by atoms with Gasteiger partial charge in [0.25, 0.3) is 0 Å². The Labute approximate surface area is 134 Å². The van der Waals surface area contributed by atoms with Crippen LogP contribution in [0.1, 0.15) is 16.7 Å². The van der Waals surface area contributed by atoms with Gasteiger partial charge in [-0.2, -0.15) is 0 Å². The first-order valence-electron chi connectivity index (χ1n) is 7.06. The second-order valence-electron chi connectivity index (χ2n) is 5.02. The predicted octanol–water partition coefficient (Wildman–Crippen LogP) is 3.29. The Kier molecular flexibility index (Phi) is 5.49. The van der Waals surface area contributed by atoms with E-state index in [0.29, 0.717) is 16.8 Å². The molecule has 0 heterocycles. The van der Waals surface area contributed by atoms with Crippen LogP contribution in [0.25, 0.3) is 6.08 Å². The van der Waals surface area contributed by atoms with Crippen LogP contribution in [0, 0.1) is 12.7 Å². The van der Waals surface area contributed by atoms with Crippen LogP contribution in [0.15, 0.2) is 42.5 Å². The average molecular weight is 315 g/mol. The van der Waals surface area contributed by atoms with Gasteiger partial charge in [-0.3, -0.25) is 4.79 Å². The van der Waals surface area contributed by atoms with E-state index in [2.05, 4.69) is 5.32 Å². The summed E-state index contributed by atoms with van der Waals surface area (Å²) in [6, 6.07) is 9.78. The third-order valence-corrected chi connectivity index (χ3v) is 3.35. The van der Waals surface area contributed by atoms with E-state index in [-0.39, 0.29) is 18.3 Å². The third kappa shape index (κ3) is 4.40. The highest BCUT2D eigenvalue weighted by Crippen LogP contribution is 2.19. The molecule has 2 aromatic carbocycles. The molecule has 0 fully saturated rings. The Morgan fingerprint density at radius 3 is 2.74 bits per heavy atom. The molecule has 0 atom stereocenters. The second kappa shape index (κ2) is 7.56. The summed E-state index contributed by atoms with van der Waals surface area (Å²) in [6.45, 7) is 1.77. The Morgan fingerprint density at radius 1 is 1.30 bits per heavy atom. The number of ether oxygens (including phenoxy) is 1. The fourth-order valence-corrected chi connectivity index (χ4v) is 2.03. The molecule has 0 aliphatic carbocycles. The molecule has 0 aliphatic rings. The van der Waals surface area contributed by atoms with Gasteiger partial charge in [-0.1, -0.05) is 18.2 Å². The molecule has 0 bridgehead atoms. The highest BCUT2D eigenvalue weighted by Gasteiger charge is 2.04. The van der Waals surface area contributed by atoms with Gasteiger partial charge in [0.05, 0.1) is 13.7 Å². The SMILES string of the molecule is COc1ccc(/C=C/C(=O)Nc2cc(CO)ccc2C)cc1F. The van der Waals surface area contributed by atoms with E-state index in [1.54, 1.807) is 18.2 Å². The summed E-state index contributed by atoms with van der Waals surface area (Å²) >= 11 is 0. The largest absolute Gasteiger partial charge is 0.494 e. The van der Waals surface area contributed by atoms with Crippen molar-refractivity contribution in [1.29, 1.82) is 0 Å². The van der Waals surface area contributed by atoms with Gasteiger partial charge < -0.3 is 15.2 Å². The molecule has 0 unspecified atom stereocenters. The minimum atomic E-state index is -0.485. The number of hydrogen-bond donors (Lipinski definition) is 2. The highest BCUT2D eigenvalue weighted by atomic mass is 19.1. The summed E-state index contributed by atoms with van der Waals surface area (Å²) in [6.07, 6.45) is 2.84. The molecule has 1 amide bonds. The maximum Gasteiger partial charge on any atom is 0.248 e. The van der Waals surface area contributed by atoms with Crippen molar-refractivity contribution >= 4 is 17.7 Å². The van der Waals surface area contributed by atoms with E-state index in [4.69, 9.17) is 9.84 Å². The number of benzene rings is 2. The number of nitrogens with one attached hydrogen (secondary N) is 1. The van der Waals surface area contributed by atoms with Crippen molar-refractivity contribution in [2.75, 3.05) is 12.4 Å². The van der Waals surface area contributed by atoms with Crippen LogP contribution in [-0.2, 0) is 11.4 Å².